The molecule has 0 radical (unpaired) electrons. The lowest BCUT2D eigenvalue weighted by atomic mass is 10.1. The molecule has 3 aliphatic heterocycles. The van der Waals surface area contributed by atoms with Crippen molar-refractivity contribution in [2.45, 2.75) is 124 Å². The largest absolute Gasteiger partial charge is 0.480 e. The summed E-state index contributed by atoms with van der Waals surface area (Å²) in [5.74, 6) is -9.02. The molecule has 0 spiro atoms. The number of aliphatic imine (C=N–C) groups is 3. The number of para-hydroxylation sites is 1. The Bertz CT molecular complexity index is 2780. The summed E-state index contributed by atoms with van der Waals surface area (Å²) in [6.07, 6.45) is 0.126. The van der Waals surface area contributed by atoms with Gasteiger partial charge in [0.15, 0.2) is 17.9 Å². The lowest BCUT2D eigenvalue weighted by Gasteiger charge is -2.33. The first kappa shape index (κ1) is 67.5. The number of likely N-dealkylation sites (tertiary alicyclic amines) is 2. The maximum Gasteiger partial charge on any atom is 0.326 e. The van der Waals surface area contributed by atoms with Crippen LogP contribution in [0, 0.1) is 0 Å². The van der Waals surface area contributed by atoms with Crippen LogP contribution in [0.4, 0.5) is 5.69 Å². The Morgan fingerprint density at radius 2 is 1.34 bits per heavy atom. The van der Waals surface area contributed by atoms with E-state index in [9.17, 15) is 63.3 Å². The molecule has 23 N–H and O–H groups in total. The second-order valence-corrected chi connectivity index (χ2v) is 22.3. The fraction of sp³-hybridized carbons (Fsp3) is 0.549. The second-order valence-electron chi connectivity index (χ2n) is 20.2. The van der Waals surface area contributed by atoms with Gasteiger partial charge in [-0.1, -0.05) is 18.2 Å². The van der Waals surface area contributed by atoms with Crippen molar-refractivity contribution in [2.75, 3.05) is 63.1 Å². The molecule has 1 aromatic heterocycles. The van der Waals surface area contributed by atoms with Crippen molar-refractivity contribution in [1.82, 2.24) is 41.7 Å². The average molecular weight is 1230 g/mol. The number of carbonyl (C=O) groups is 10. The maximum atomic E-state index is 14.3. The molecule has 4 heterocycles. The highest BCUT2D eigenvalue weighted by Crippen LogP contribution is 2.34. The van der Waals surface area contributed by atoms with Crippen LogP contribution >= 0.6 is 23.1 Å². The van der Waals surface area contributed by atoms with Gasteiger partial charge in [0, 0.05) is 61.1 Å². The summed E-state index contributed by atoms with van der Waals surface area (Å²) in [6.45, 7) is -2.06. The summed E-state index contributed by atoms with van der Waals surface area (Å²) >= 11 is 2.42. The van der Waals surface area contributed by atoms with Gasteiger partial charge in [-0.25, -0.2) is 4.79 Å². The first-order valence-electron chi connectivity index (χ1n) is 27.3. The topological polar surface area (TPSA) is 533 Å². The summed E-state index contributed by atoms with van der Waals surface area (Å²) in [7, 11) is 0. The Kier molecular flexibility index (Phi) is 26.4. The van der Waals surface area contributed by atoms with Crippen molar-refractivity contribution in [3.63, 3.8) is 0 Å². The number of thiophene rings is 1. The fourth-order valence-corrected chi connectivity index (χ4v) is 11.4. The van der Waals surface area contributed by atoms with Gasteiger partial charge in [0.25, 0.3) is 5.91 Å². The number of aliphatic hydroxyl groups excluding tert-OH is 2. The highest BCUT2D eigenvalue weighted by atomic mass is 32.2. The standard InChI is InChI=1S/C51H77N19O13S2/c52-29(9-3-15-59-49(53)54)41(75)65-30(10-4-16-60-50(55)56)45(79)68-18-6-13-36(68)47(81)69-23-27(72)20-37(69)44(78)62-22-39(73)64-32(21-28-8-7-19-84-28)42(76)66-33(25-71)43(77)67-34-26-85-38-14-2-1-12-35(38)70(46(34)80)24-40(74)63-31(48(82)83)11-5-17-61-51(57)58/h1-2,7-8,12,14,19,27,29-34,36-37,71-72H,3-6,9-11,13,15-18,20-26,52H2,(H,62,78)(H,63,74)(H,64,73)(H,65,75)(H,66,76)(H,67,77)(H,82,83)(H4,53,54,59)(H4,55,56,60)(H4,57,58,61)/t27?,29-,30+,31-,32+,33+,34?,36+,37+/m1/s1. The SMILES string of the molecule is NC(N)=NCCC[C@@H](N)C(=O)N[C@@H](CCCN=C(N)N)C(=O)N1CCC[C@H]1C(=O)N1CC(O)C[C@H]1C(=O)NCC(=O)N[C@@H](Cc1cccs1)C(=O)N[C@@H](CO)C(=O)NC1CSc2ccccc2N(CC(=O)N[C@H](CCCN=C(N)N)C(=O)O)C1=O. The van der Waals surface area contributed by atoms with E-state index in [0.717, 1.165) is 9.80 Å². The molecule has 2 aromatic rings. The van der Waals surface area contributed by atoms with Gasteiger partial charge in [0.05, 0.1) is 31.0 Å². The molecule has 9 atom stereocenters. The lowest BCUT2D eigenvalue weighted by molar-refractivity contribution is -0.148. The van der Waals surface area contributed by atoms with Crippen molar-refractivity contribution in [2.24, 2.45) is 55.1 Å². The van der Waals surface area contributed by atoms with Crippen LogP contribution in [0.3, 0.4) is 0 Å². The summed E-state index contributed by atoms with van der Waals surface area (Å²) in [5, 5.41) is 47.8. The summed E-state index contributed by atoms with van der Waals surface area (Å²) in [4.78, 5) is 153. The number of hydrogen-bond donors (Lipinski definition) is 16. The Morgan fingerprint density at radius 3 is 1.96 bits per heavy atom. The van der Waals surface area contributed by atoms with E-state index in [-0.39, 0.29) is 108 Å². The Balaban J connectivity index is 1.22. The number of nitrogens with zero attached hydrogens (tertiary/aromatic N) is 6. The molecule has 2 fully saturated rings. The maximum absolute atomic E-state index is 14.3. The van der Waals surface area contributed by atoms with Crippen molar-refractivity contribution in [1.29, 1.82) is 0 Å². The number of fused-ring (bicyclic) bond motifs is 1. The number of carboxylic acids is 1. The number of nitrogens with two attached hydrogens (primary N) is 7. The molecule has 3 aliphatic rings. The molecule has 1 aromatic carbocycles. The number of benzene rings is 1. The number of rotatable bonds is 31. The third kappa shape index (κ3) is 20.7. The van der Waals surface area contributed by atoms with Crippen molar-refractivity contribution >= 4 is 106 Å². The second kappa shape index (κ2) is 33.2. The molecule has 0 bridgehead atoms. The number of anilines is 1. The van der Waals surface area contributed by atoms with Crippen LogP contribution in [0.1, 0.15) is 62.7 Å². The van der Waals surface area contributed by atoms with Gasteiger partial charge in [-0.05, 0) is 74.9 Å². The third-order valence-corrected chi connectivity index (χ3v) is 15.8. The number of hydrogen-bond acceptors (Lipinski definition) is 18. The molecule has 0 saturated carbocycles. The van der Waals surface area contributed by atoms with Crippen LogP contribution in [-0.2, 0) is 54.4 Å². The predicted octanol–water partition coefficient (Wildman–Crippen LogP) is -6.51. The zero-order valence-electron chi connectivity index (χ0n) is 46.6. The molecule has 85 heavy (non-hydrogen) atoms. The third-order valence-electron chi connectivity index (χ3n) is 13.7. The van der Waals surface area contributed by atoms with E-state index in [4.69, 9.17) is 40.1 Å². The van der Waals surface area contributed by atoms with Crippen molar-refractivity contribution < 1.29 is 63.3 Å². The molecule has 32 nitrogen and oxygen atoms in total. The summed E-state index contributed by atoms with van der Waals surface area (Å²) < 4.78 is 0. The number of thioether (sulfide) groups is 1. The van der Waals surface area contributed by atoms with Crippen molar-refractivity contribution in [3.05, 3.63) is 46.7 Å². The van der Waals surface area contributed by atoms with Crippen LogP contribution in [-0.4, -0.2) is 215 Å². The van der Waals surface area contributed by atoms with E-state index in [1.54, 1.807) is 41.8 Å². The molecular weight excluding hydrogens is 1150 g/mol. The summed E-state index contributed by atoms with van der Waals surface area (Å²) in [5.41, 5.74) is 38.8. The van der Waals surface area contributed by atoms with Gasteiger partial charge < -0.3 is 102 Å². The summed E-state index contributed by atoms with van der Waals surface area (Å²) in [6, 6.07) is -0.417. The highest BCUT2D eigenvalue weighted by molar-refractivity contribution is 7.99. The van der Waals surface area contributed by atoms with Gasteiger partial charge in [-0.2, -0.15) is 0 Å². The van der Waals surface area contributed by atoms with E-state index >= 15 is 0 Å². The minimum Gasteiger partial charge on any atom is -0.480 e. The molecule has 9 amide bonds. The molecular formula is C51H77N19O13S2. The van der Waals surface area contributed by atoms with Gasteiger partial charge in [0.1, 0.15) is 48.8 Å². The van der Waals surface area contributed by atoms with Crippen LogP contribution in [0.15, 0.2) is 61.7 Å². The average Bonchev–Trinajstić information content (AvgIpc) is 2.96. The number of carboxylic acid groups (broad SMARTS) is 1. The minimum absolute atomic E-state index is 0.0379. The predicted molar refractivity (Wildman–Crippen MR) is 313 cm³/mol. The zero-order chi connectivity index (χ0) is 62.3. The molecule has 5 rings (SSSR count). The number of amides is 9. The quantitative estimate of drug-likeness (QED) is 0.0190. The zero-order valence-corrected chi connectivity index (χ0v) is 48.3. The van der Waals surface area contributed by atoms with E-state index in [1.807, 2.05) is 0 Å². The minimum atomic E-state index is -1.69. The van der Waals surface area contributed by atoms with Gasteiger partial charge >= 0.3 is 5.97 Å². The number of nitrogens with one attached hydrogen (secondary N) is 6. The normalized spacial score (nSPS) is 19.0. The smallest absolute Gasteiger partial charge is 0.326 e. The van der Waals surface area contributed by atoms with Gasteiger partial charge in [-0.15, -0.1) is 23.1 Å². The van der Waals surface area contributed by atoms with E-state index in [2.05, 4.69) is 46.9 Å². The Hall–Kier alpha value is -8.34. The first-order chi connectivity index (χ1) is 40.5. The molecule has 34 heteroatoms. The number of aliphatic hydroxyl groups is 2. The molecule has 0 aliphatic carbocycles. The monoisotopic (exact) mass is 1230 g/mol. The van der Waals surface area contributed by atoms with E-state index < -0.39 is 133 Å². The van der Waals surface area contributed by atoms with E-state index in [1.165, 1.54) is 28.0 Å². The Labute approximate surface area is 497 Å². The van der Waals surface area contributed by atoms with Crippen LogP contribution in [0.5, 0.6) is 0 Å². The fourth-order valence-electron chi connectivity index (χ4n) is 9.55. The van der Waals surface area contributed by atoms with Gasteiger partial charge in [0.2, 0.25) is 47.3 Å². The van der Waals surface area contributed by atoms with Crippen molar-refractivity contribution in [3.8, 4) is 0 Å². The number of aliphatic carboxylic acids is 1. The van der Waals surface area contributed by atoms with Crippen LogP contribution in [0.25, 0.3) is 0 Å². The molecule has 2 unspecified atom stereocenters. The number of guanidine groups is 3. The number of carbonyl (C=O) groups excluding carboxylic acids is 9. The first-order valence-corrected chi connectivity index (χ1v) is 29.2. The Morgan fingerprint density at radius 1 is 0.718 bits per heavy atom. The highest BCUT2D eigenvalue weighted by Gasteiger charge is 2.46. The van der Waals surface area contributed by atoms with E-state index in [0.29, 0.717) is 28.3 Å². The number of β-amino-alcohol motifs (C(OH)–C–C–N with tert-alkyl or cyclic N) is 1. The van der Waals surface area contributed by atoms with Crippen LogP contribution in [0.2, 0.25) is 0 Å². The van der Waals surface area contributed by atoms with Gasteiger partial charge in [-0.3, -0.25) is 58.1 Å². The van der Waals surface area contributed by atoms with Crippen LogP contribution < -0.4 is 76.9 Å². The molecule has 2 saturated heterocycles. The molecule has 466 valence electrons. The lowest BCUT2D eigenvalue weighted by Crippen LogP contribution is -2.59.